The molecular weight excluding hydrogens is 288 g/mol. The third-order valence-corrected chi connectivity index (χ3v) is 6.73. The molecule has 0 spiro atoms. The molecule has 0 aromatic carbocycles. The Hall–Kier alpha value is -1.09. The number of carboxylic acid groups (broad SMARTS) is 1. The lowest BCUT2D eigenvalue weighted by Gasteiger charge is -2.58. The van der Waals surface area contributed by atoms with Crippen LogP contribution in [0.15, 0.2) is 23.3 Å². The van der Waals surface area contributed by atoms with Crippen LogP contribution < -0.4 is 0 Å². The van der Waals surface area contributed by atoms with Crippen LogP contribution in [-0.4, -0.2) is 22.3 Å². The monoisotopic (exact) mass is 320 g/mol. The molecule has 4 atom stereocenters. The van der Waals surface area contributed by atoms with Gasteiger partial charge >= 0.3 is 5.97 Å². The normalized spacial score (nSPS) is 37.0. The van der Waals surface area contributed by atoms with E-state index in [1.807, 2.05) is 6.92 Å². The second-order valence-electron chi connectivity index (χ2n) is 8.54. The second kappa shape index (κ2) is 6.43. The predicted octanol–water partition coefficient (Wildman–Crippen LogP) is 4.57. The van der Waals surface area contributed by atoms with Crippen LogP contribution in [0.5, 0.6) is 0 Å². The van der Waals surface area contributed by atoms with Crippen molar-refractivity contribution in [3.8, 4) is 0 Å². The van der Waals surface area contributed by atoms with E-state index in [0.717, 1.165) is 37.7 Å². The van der Waals surface area contributed by atoms with Gasteiger partial charge in [0, 0.05) is 6.08 Å². The molecule has 0 saturated heterocycles. The fourth-order valence-corrected chi connectivity index (χ4v) is 5.24. The van der Waals surface area contributed by atoms with Gasteiger partial charge < -0.3 is 10.2 Å². The highest BCUT2D eigenvalue weighted by Gasteiger charge is 2.54. The Balaban J connectivity index is 2.23. The van der Waals surface area contributed by atoms with Crippen LogP contribution in [-0.2, 0) is 4.79 Å². The van der Waals surface area contributed by atoms with Crippen molar-refractivity contribution in [3.63, 3.8) is 0 Å². The van der Waals surface area contributed by atoms with E-state index in [0.29, 0.717) is 11.8 Å². The Bertz CT molecular complexity index is 529. The molecule has 3 heteroatoms. The van der Waals surface area contributed by atoms with Gasteiger partial charge in [-0.2, -0.15) is 0 Å². The van der Waals surface area contributed by atoms with E-state index in [1.54, 1.807) is 0 Å². The molecule has 0 unspecified atom stereocenters. The fourth-order valence-electron chi connectivity index (χ4n) is 5.24. The lowest BCUT2D eigenvalue weighted by molar-refractivity contribution is -0.131. The first-order valence-electron chi connectivity index (χ1n) is 8.84. The highest BCUT2D eigenvalue weighted by atomic mass is 16.4. The Kier molecular flexibility index (Phi) is 5.10. The maximum atomic E-state index is 10.8. The highest BCUT2D eigenvalue weighted by Crippen LogP contribution is 2.60. The van der Waals surface area contributed by atoms with Gasteiger partial charge in [-0.1, -0.05) is 38.0 Å². The Morgan fingerprint density at radius 3 is 2.65 bits per heavy atom. The lowest BCUT2D eigenvalue weighted by Crippen LogP contribution is -2.54. The summed E-state index contributed by atoms with van der Waals surface area (Å²) in [7, 11) is 0. The van der Waals surface area contributed by atoms with E-state index in [9.17, 15) is 9.90 Å². The number of hydrogen-bond acceptors (Lipinski definition) is 2. The van der Waals surface area contributed by atoms with E-state index in [2.05, 4.69) is 33.8 Å². The van der Waals surface area contributed by atoms with E-state index >= 15 is 0 Å². The van der Waals surface area contributed by atoms with E-state index in [4.69, 9.17) is 5.11 Å². The van der Waals surface area contributed by atoms with Crippen LogP contribution in [0.4, 0.5) is 0 Å². The number of carbonyl (C=O) groups is 1. The topological polar surface area (TPSA) is 57.5 Å². The van der Waals surface area contributed by atoms with Crippen molar-refractivity contribution in [3.05, 3.63) is 23.3 Å². The molecule has 3 nitrogen and oxygen atoms in total. The molecule has 0 aromatic heterocycles. The van der Waals surface area contributed by atoms with Gasteiger partial charge in [-0.05, 0) is 68.6 Å². The van der Waals surface area contributed by atoms with Crippen molar-refractivity contribution in [2.24, 2.45) is 22.7 Å². The predicted molar refractivity (Wildman–Crippen MR) is 93.1 cm³/mol. The van der Waals surface area contributed by atoms with Crippen molar-refractivity contribution in [2.75, 3.05) is 0 Å². The molecule has 2 N–H and O–H groups in total. The lowest BCUT2D eigenvalue weighted by atomic mass is 9.47. The van der Waals surface area contributed by atoms with Crippen molar-refractivity contribution >= 4 is 5.97 Å². The van der Waals surface area contributed by atoms with Gasteiger partial charge in [0.15, 0.2) is 0 Å². The van der Waals surface area contributed by atoms with Gasteiger partial charge in [-0.25, -0.2) is 4.79 Å². The Labute approximate surface area is 140 Å². The Morgan fingerprint density at radius 2 is 2.04 bits per heavy atom. The summed E-state index contributed by atoms with van der Waals surface area (Å²) >= 11 is 0. The van der Waals surface area contributed by atoms with E-state index in [-0.39, 0.29) is 16.9 Å². The first-order chi connectivity index (χ1) is 10.6. The third-order valence-electron chi connectivity index (χ3n) is 6.73. The van der Waals surface area contributed by atoms with Crippen LogP contribution in [0.1, 0.15) is 66.7 Å². The van der Waals surface area contributed by atoms with Crippen molar-refractivity contribution < 1.29 is 15.0 Å². The minimum atomic E-state index is -0.857. The molecular formula is C20H32O3. The van der Waals surface area contributed by atoms with Gasteiger partial charge in [0.1, 0.15) is 0 Å². The molecule has 2 aliphatic rings. The molecule has 0 aromatic rings. The number of hydrogen-bond donors (Lipinski definition) is 2. The van der Waals surface area contributed by atoms with Crippen LogP contribution in [0.25, 0.3) is 0 Å². The van der Waals surface area contributed by atoms with Crippen LogP contribution in [0, 0.1) is 22.7 Å². The van der Waals surface area contributed by atoms with Gasteiger partial charge in [-0.15, -0.1) is 0 Å². The van der Waals surface area contributed by atoms with Gasteiger partial charge in [0.2, 0.25) is 0 Å². The summed E-state index contributed by atoms with van der Waals surface area (Å²) in [5.74, 6) is 0.103. The molecule has 0 aliphatic heterocycles. The number of aliphatic carboxylic acids is 1. The maximum Gasteiger partial charge on any atom is 0.328 e. The molecule has 2 rings (SSSR count). The molecule has 0 bridgehead atoms. The van der Waals surface area contributed by atoms with Crippen molar-refractivity contribution in [2.45, 2.75) is 72.8 Å². The number of fused-ring (bicyclic) bond motifs is 1. The summed E-state index contributed by atoms with van der Waals surface area (Å²) in [6, 6.07) is 0. The summed E-state index contributed by atoms with van der Waals surface area (Å²) < 4.78 is 0. The zero-order chi connectivity index (χ0) is 17.4. The SMILES string of the molecule is CC1=CC[C@H]2C(C)(C)[C@@H](O)CC[C@]2(C)[C@H]1CC/C(C)=C/C(=O)O. The first kappa shape index (κ1) is 18.3. The molecule has 23 heavy (non-hydrogen) atoms. The quantitative estimate of drug-likeness (QED) is 0.589. The zero-order valence-corrected chi connectivity index (χ0v) is 15.2. The molecule has 1 fully saturated rings. The fraction of sp³-hybridized carbons (Fsp3) is 0.750. The maximum absolute atomic E-state index is 10.8. The number of aliphatic hydroxyl groups excluding tert-OH is 1. The van der Waals surface area contributed by atoms with Crippen molar-refractivity contribution in [1.82, 2.24) is 0 Å². The van der Waals surface area contributed by atoms with Gasteiger partial charge in [-0.3, -0.25) is 0 Å². The minimum Gasteiger partial charge on any atom is -0.478 e. The van der Waals surface area contributed by atoms with Crippen LogP contribution >= 0.6 is 0 Å². The number of allylic oxidation sites excluding steroid dienone is 3. The standard InChI is InChI=1S/C20H32O3/c1-13(12-18(22)23)6-8-15-14(2)7-9-16-19(3,4)17(21)10-11-20(15,16)5/h7,12,15-17,21H,6,8-11H2,1-5H3,(H,22,23)/b13-12+/t15-,16-,17-,20+/m0/s1. The molecule has 0 amide bonds. The average molecular weight is 320 g/mol. The Morgan fingerprint density at radius 1 is 1.39 bits per heavy atom. The van der Waals surface area contributed by atoms with Gasteiger partial charge in [0.25, 0.3) is 0 Å². The van der Waals surface area contributed by atoms with Gasteiger partial charge in [0.05, 0.1) is 6.10 Å². The number of aliphatic hydroxyl groups is 1. The van der Waals surface area contributed by atoms with E-state index in [1.165, 1.54) is 11.6 Å². The highest BCUT2D eigenvalue weighted by molar-refractivity contribution is 5.80. The largest absolute Gasteiger partial charge is 0.478 e. The van der Waals surface area contributed by atoms with Crippen LogP contribution in [0.3, 0.4) is 0 Å². The molecule has 1 saturated carbocycles. The summed E-state index contributed by atoms with van der Waals surface area (Å²) in [6.07, 6.45) is 8.26. The summed E-state index contributed by atoms with van der Waals surface area (Å²) in [6.45, 7) is 10.9. The number of carboxylic acids is 1. The summed E-state index contributed by atoms with van der Waals surface area (Å²) in [5, 5.41) is 19.4. The zero-order valence-electron chi connectivity index (χ0n) is 15.2. The van der Waals surface area contributed by atoms with E-state index < -0.39 is 5.97 Å². The smallest absolute Gasteiger partial charge is 0.328 e. The van der Waals surface area contributed by atoms with Crippen molar-refractivity contribution in [1.29, 1.82) is 0 Å². The minimum absolute atomic E-state index is 0.0611. The second-order valence-corrected chi connectivity index (χ2v) is 8.54. The summed E-state index contributed by atoms with van der Waals surface area (Å²) in [4.78, 5) is 10.8. The number of rotatable bonds is 4. The summed E-state index contributed by atoms with van der Waals surface area (Å²) in [5.41, 5.74) is 2.52. The average Bonchev–Trinajstić information content (AvgIpc) is 2.42. The molecule has 2 aliphatic carbocycles. The van der Waals surface area contributed by atoms with Crippen LogP contribution in [0.2, 0.25) is 0 Å². The first-order valence-corrected chi connectivity index (χ1v) is 8.84. The molecule has 0 radical (unpaired) electrons. The molecule has 130 valence electrons. The molecule has 0 heterocycles. The third kappa shape index (κ3) is 3.40.